The van der Waals surface area contributed by atoms with Gasteiger partial charge < -0.3 is 10.1 Å². The predicted octanol–water partition coefficient (Wildman–Crippen LogP) is 3.92. The van der Waals surface area contributed by atoms with E-state index in [0.717, 1.165) is 12.2 Å². The summed E-state index contributed by atoms with van der Waals surface area (Å²) in [4.78, 5) is 0. The van der Waals surface area contributed by atoms with Crippen molar-refractivity contribution in [1.29, 1.82) is 0 Å². The van der Waals surface area contributed by atoms with Crippen LogP contribution in [0.2, 0.25) is 0 Å². The van der Waals surface area contributed by atoms with E-state index in [1.165, 1.54) is 5.56 Å². The van der Waals surface area contributed by atoms with Crippen LogP contribution in [0.3, 0.4) is 0 Å². The number of hydrogen-bond donors (Lipinski definition) is 1. The summed E-state index contributed by atoms with van der Waals surface area (Å²) < 4.78 is 5.71. The first-order chi connectivity index (χ1) is 8.02. The van der Waals surface area contributed by atoms with Crippen molar-refractivity contribution < 1.29 is 4.74 Å². The van der Waals surface area contributed by atoms with E-state index >= 15 is 0 Å². The SMILES string of the molecule is CC[C@H](C)N[C@H](C)c1cccc(OC(C)C)c1. The van der Waals surface area contributed by atoms with E-state index in [1.807, 2.05) is 19.9 Å². The molecule has 0 fully saturated rings. The van der Waals surface area contributed by atoms with E-state index in [2.05, 4.69) is 44.3 Å². The molecule has 0 heterocycles. The lowest BCUT2D eigenvalue weighted by Gasteiger charge is -2.20. The first-order valence-corrected chi connectivity index (χ1v) is 6.55. The molecule has 0 aromatic heterocycles. The molecule has 0 saturated heterocycles. The van der Waals surface area contributed by atoms with Crippen molar-refractivity contribution in [3.63, 3.8) is 0 Å². The minimum atomic E-state index is 0.225. The molecule has 2 atom stereocenters. The molecule has 0 bridgehead atoms. The Hall–Kier alpha value is -1.02. The zero-order chi connectivity index (χ0) is 12.8. The topological polar surface area (TPSA) is 21.3 Å². The summed E-state index contributed by atoms with van der Waals surface area (Å²) in [7, 11) is 0. The molecule has 1 aromatic rings. The van der Waals surface area contributed by atoms with E-state index in [1.54, 1.807) is 0 Å². The second-order valence-corrected chi connectivity index (χ2v) is 4.94. The molecule has 1 rings (SSSR count). The summed E-state index contributed by atoms with van der Waals surface area (Å²) in [6, 6.07) is 9.24. The number of rotatable bonds is 6. The highest BCUT2D eigenvalue weighted by molar-refractivity contribution is 5.30. The van der Waals surface area contributed by atoms with Gasteiger partial charge in [-0.3, -0.25) is 0 Å². The van der Waals surface area contributed by atoms with Gasteiger partial charge in [-0.25, -0.2) is 0 Å². The highest BCUT2D eigenvalue weighted by atomic mass is 16.5. The molecule has 0 aliphatic heterocycles. The van der Waals surface area contributed by atoms with Gasteiger partial charge in [-0.1, -0.05) is 19.1 Å². The van der Waals surface area contributed by atoms with E-state index in [0.29, 0.717) is 12.1 Å². The van der Waals surface area contributed by atoms with Crippen LogP contribution in [0, 0.1) is 0 Å². The van der Waals surface area contributed by atoms with E-state index < -0.39 is 0 Å². The smallest absolute Gasteiger partial charge is 0.120 e. The molecule has 0 saturated carbocycles. The van der Waals surface area contributed by atoms with Crippen molar-refractivity contribution in [2.75, 3.05) is 0 Å². The summed E-state index contributed by atoms with van der Waals surface area (Å²) in [5, 5.41) is 3.57. The number of nitrogens with one attached hydrogen (secondary N) is 1. The van der Waals surface area contributed by atoms with Gasteiger partial charge in [-0.05, 0) is 51.8 Å². The first-order valence-electron chi connectivity index (χ1n) is 6.55. The van der Waals surface area contributed by atoms with Gasteiger partial charge in [0.15, 0.2) is 0 Å². The van der Waals surface area contributed by atoms with Crippen LogP contribution in [-0.2, 0) is 0 Å². The van der Waals surface area contributed by atoms with Crippen molar-refractivity contribution in [3.8, 4) is 5.75 Å². The van der Waals surface area contributed by atoms with Gasteiger partial charge in [0.25, 0.3) is 0 Å². The lowest BCUT2D eigenvalue weighted by atomic mass is 10.1. The van der Waals surface area contributed by atoms with Crippen molar-refractivity contribution >= 4 is 0 Å². The molecule has 96 valence electrons. The molecule has 0 unspecified atom stereocenters. The maximum atomic E-state index is 5.71. The molecule has 17 heavy (non-hydrogen) atoms. The van der Waals surface area contributed by atoms with E-state index in [-0.39, 0.29) is 6.10 Å². The normalized spacial score (nSPS) is 14.7. The molecule has 2 heteroatoms. The van der Waals surface area contributed by atoms with Crippen LogP contribution in [-0.4, -0.2) is 12.1 Å². The lowest BCUT2D eigenvalue weighted by Crippen LogP contribution is -2.28. The molecular formula is C15H25NO. The lowest BCUT2D eigenvalue weighted by molar-refractivity contribution is 0.242. The average molecular weight is 235 g/mol. The number of ether oxygens (including phenoxy) is 1. The third-order valence-corrected chi connectivity index (χ3v) is 2.88. The fourth-order valence-electron chi connectivity index (χ4n) is 1.77. The van der Waals surface area contributed by atoms with Crippen LogP contribution in [0.15, 0.2) is 24.3 Å². The fraction of sp³-hybridized carbons (Fsp3) is 0.600. The van der Waals surface area contributed by atoms with Gasteiger partial charge in [-0.2, -0.15) is 0 Å². The van der Waals surface area contributed by atoms with Gasteiger partial charge >= 0.3 is 0 Å². The van der Waals surface area contributed by atoms with E-state index in [4.69, 9.17) is 4.74 Å². The maximum Gasteiger partial charge on any atom is 0.120 e. The van der Waals surface area contributed by atoms with Gasteiger partial charge in [0, 0.05) is 12.1 Å². The highest BCUT2D eigenvalue weighted by Gasteiger charge is 2.09. The summed E-state index contributed by atoms with van der Waals surface area (Å²) in [5.74, 6) is 0.954. The second-order valence-electron chi connectivity index (χ2n) is 4.94. The Balaban J connectivity index is 2.70. The van der Waals surface area contributed by atoms with Crippen molar-refractivity contribution in [3.05, 3.63) is 29.8 Å². The van der Waals surface area contributed by atoms with Crippen LogP contribution < -0.4 is 10.1 Å². The Labute approximate surface area is 105 Å². The van der Waals surface area contributed by atoms with Crippen molar-refractivity contribution in [2.45, 2.75) is 59.2 Å². The molecule has 1 N–H and O–H groups in total. The Morgan fingerprint density at radius 1 is 1.18 bits per heavy atom. The summed E-state index contributed by atoms with van der Waals surface area (Å²) in [6.45, 7) is 10.7. The minimum absolute atomic E-state index is 0.225. The third kappa shape index (κ3) is 4.78. The summed E-state index contributed by atoms with van der Waals surface area (Å²) in [5.41, 5.74) is 1.28. The monoisotopic (exact) mass is 235 g/mol. The van der Waals surface area contributed by atoms with Gasteiger partial charge in [0.05, 0.1) is 6.10 Å². The Bertz CT molecular complexity index is 335. The summed E-state index contributed by atoms with van der Waals surface area (Å²) in [6.07, 6.45) is 1.37. The molecule has 0 aliphatic rings. The van der Waals surface area contributed by atoms with Gasteiger partial charge in [0.1, 0.15) is 5.75 Å². The van der Waals surface area contributed by atoms with Crippen LogP contribution in [0.25, 0.3) is 0 Å². The van der Waals surface area contributed by atoms with Crippen LogP contribution in [0.1, 0.15) is 52.6 Å². The molecule has 0 amide bonds. The number of hydrogen-bond acceptors (Lipinski definition) is 2. The molecular weight excluding hydrogens is 210 g/mol. The molecule has 2 nitrogen and oxygen atoms in total. The Morgan fingerprint density at radius 2 is 1.88 bits per heavy atom. The maximum absolute atomic E-state index is 5.71. The van der Waals surface area contributed by atoms with Gasteiger partial charge in [-0.15, -0.1) is 0 Å². The van der Waals surface area contributed by atoms with Gasteiger partial charge in [0.2, 0.25) is 0 Å². The average Bonchev–Trinajstić information content (AvgIpc) is 2.28. The Morgan fingerprint density at radius 3 is 2.47 bits per heavy atom. The van der Waals surface area contributed by atoms with E-state index in [9.17, 15) is 0 Å². The Kier molecular flexibility index (Phi) is 5.49. The van der Waals surface area contributed by atoms with Crippen LogP contribution in [0.5, 0.6) is 5.75 Å². The molecule has 1 aromatic carbocycles. The quantitative estimate of drug-likeness (QED) is 0.807. The largest absolute Gasteiger partial charge is 0.491 e. The zero-order valence-corrected chi connectivity index (χ0v) is 11.7. The van der Waals surface area contributed by atoms with Crippen molar-refractivity contribution in [2.24, 2.45) is 0 Å². The van der Waals surface area contributed by atoms with Crippen LogP contribution >= 0.6 is 0 Å². The first kappa shape index (κ1) is 14.0. The highest BCUT2D eigenvalue weighted by Crippen LogP contribution is 2.20. The standard InChI is InChI=1S/C15H25NO/c1-6-12(4)16-13(5)14-8-7-9-15(10-14)17-11(2)3/h7-13,16H,6H2,1-5H3/t12-,13+/m0/s1. The third-order valence-electron chi connectivity index (χ3n) is 2.88. The molecule has 0 radical (unpaired) electrons. The molecule has 0 aliphatic carbocycles. The summed E-state index contributed by atoms with van der Waals surface area (Å²) >= 11 is 0. The van der Waals surface area contributed by atoms with Crippen LogP contribution in [0.4, 0.5) is 0 Å². The fourth-order valence-corrected chi connectivity index (χ4v) is 1.77. The predicted molar refractivity (Wildman–Crippen MR) is 73.5 cm³/mol. The minimum Gasteiger partial charge on any atom is -0.491 e. The number of benzene rings is 1. The van der Waals surface area contributed by atoms with Crippen molar-refractivity contribution in [1.82, 2.24) is 5.32 Å². The second kappa shape index (κ2) is 6.65. The zero-order valence-electron chi connectivity index (χ0n) is 11.7. The molecule has 0 spiro atoms.